The number of methoxy groups -OCH3 is 1. The topological polar surface area (TPSA) is 72.2 Å². The number of aliphatic hydroxyl groups excluding tert-OH is 1. The number of benzene rings is 2. The number of nitrogens with one attached hydrogen (secondary N) is 1. The van der Waals surface area contributed by atoms with E-state index in [1.165, 1.54) is 5.56 Å². The molecule has 144 valence electrons. The summed E-state index contributed by atoms with van der Waals surface area (Å²) in [6, 6.07) is 15.9. The maximum absolute atomic E-state index is 11.5. The molecule has 2 aliphatic rings. The first-order valence-electron chi connectivity index (χ1n) is 9.78. The molecule has 0 saturated carbocycles. The van der Waals surface area contributed by atoms with Crippen LogP contribution in [0.5, 0.6) is 5.75 Å². The lowest BCUT2D eigenvalue weighted by Crippen LogP contribution is -2.47. The van der Waals surface area contributed by atoms with Gasteiger partial charge in [0.25, 0.3) is 0 Å². The standard InChI is InChI=1S/C22H24N4O2/c1-28-19-9-5-3-7-16(19)18-14-26(25-24-18)20-15-6-2-4-8-17(15)22(21(20)27)10-12-23-13-11-22/h2-9,14,20-21,23,27H,10-13H2,1H3/t20-,21+/m0/s1. The molecule has 5 rings (SSSR count). The highest BCUT2D eigenvalue weighted by atomic mass is 16.5. The fourth-order valence-electron chi connectivity index (χ4n) is 4.96. The number of ether oxygens (including phenoxy) is 1. The maximum Gasteiger partial charge on any atom is 0.128 e. The molecule has 0 radical (unpaired) electrons. The quantitative estimate of drug-likeness (QED) is 0.735. The highest BCUT2D eigenvalue weighted by Gasteiger charge is 2.52. The first kappa shape index (κ1) is 17.4. The minimum Gasteiger partial charge on any atom is -0.496 e. The zero-order valence-electron chi connectivity index (χ0n) is 15.9. The molecule has 2 N–H and O–H groups in total. The third kappa shape index (κ3) is 2.48. The Morgan fingerprint density at radius 2 is 1.86 bits per heavy atom. The Balaban J connectivity index is 1.58. The van der Waals surface area contributed by atoms with Gasteiger partial charge in [0.1, 0.15) is 17.5 Å². The fraction of sp³-hybridized carbons (Fsp3) is 0.364. The lowest BCUT2D eigenvalue weighted by atomic mass is 9.72. The van der Waals surface area contributed by atoms with Crippen LogP contribution in [0.25, 0.3) is 11.3 Å². The van der Waals surface area contributed by atoms with Crippen LogP contribution in [-0.4, -0.2) is 46.4 Å². The first-order valence-corrected chi connectivity index (χ1v) is 9.78. The highest BCUT2D eigenvalue weighted by Crippen LogP contribution is 2.51. The molecule has 3 aromatic rings. The molecule has 1 aliphatic heterocycles. The van der Waals surface area contributed by atoms with Gasteiger partial charge in [-0.1, -0.05) is 41.6 Å². The Bertz CT molecular complexity index is 993. The van der Waals surface area contributed by atoms with Gasteiger partial charge >= 0.3 is 0 Å². The van der Waals surface area contributed by atoms with Crippen LogP contribution < -0.4 is 10.1 Å². The second kappa shape index (κ2) is 6.72. The second-order valence-corrected chi connectivity index (χ2v) is 7.67. The van der Waals surface area contributed by atoms with Gasteiger partial charge in [-0.3, -0.25) is 0 Å². The van der Waals surface area contributed by atoms with Crippen LogP contribution in [0.3, 0.4) is 0 Å². The molecule has 1 saturated heterocycles. The number of rotatable bonds is 3. The number of para-hydroxylation sites is 1. The molecule has 1 aliphatic carbocycles. The largest absolute Gasteiger partial charge is 0.496 e. The highest BCUT2D eigenvalue weighted by molar-refractivity contribution is 5.66. The average molecular weight is 376 g/mol. The lowest BCUT2D eigenvalue weighted by Gasteiger charge is -2.38. The van der Waals surface area contributed by atoms with E-state index in [4.69, 9.17) is 4.74 Å². The van der Waals surface area contributed by atoms with Crippen LogP contribution in [0.15, 0.2) is 54.7 Å². The minimum absolute atomic E-state index is 0.219. The summed E-state index contributed by atoms with van der Waals surface area (Å²) in [5.41, 5.74) is 3.82. The summed E-state index contributed by atoms with van der Waals surface area (Å²) in [6.07, 6.45) is 3.24. The van der Waals surface area contributed by atoms with Crippen molar-refractivity contribution in [2.45, 2.75) is 30.4 Å². The SMILES string of the molecule is COc1ccccc1-c1cn([C@H]2c3ccccc3C3(CCNCC3)[C@@H]2O)nn1. The van der Waals surface area contributed by atoms with Crippen molar-refractivity contribution < 1.29 is 9.84 Å². The van der Waals surface area contributed by atoms with Gasteiger partial charge in [0, 0.05) is 11.0 Å². The molecular formula is C22H24N4O2. The molecular weight excluding hydrogens is 352 g/mol. The van der Waals surface area contributed by atoms with E-state index in [0.29, 0.717) is 0 Å². The predicted molar refractivity (Wildman–Crippen MR) is 106 cm³/mol. The Hall–Kier alpha value is -2.70. The smallest absolute Gasteiger partial charge is 0.128 e. The van der Waals surface area contributed by atoms with Crippen LogP contribution in [0.2, 0.25) is 0 Å². The van der Waals surface area contributed by atoms with Crippen molar-refractivity contribution in [2.75, 3.05) is 20.2 Å². The maximum atomic E-state index is 11.5. The number of fused-ring (bicyclic) bond motifs is 2. The number of hydrogen-bond acceptors (Lipinski definition) is 5. The zero-order chi connectivity index (χ0) is 19.1. The molecule has 1 fully saturated rings. The van der Waals surface area contributed by atoms with E-state index in [2.05, 4.69) is 33.8 Å². The minimum atomic E-state index is -0.529. The molecule has 0 unspecified atom stereocenters. The Labute approximate surface area is 164 Å². The number of hydrogen-bond donors (Lipinski definition) is 2. The monoisotopic (exact) mass is 376 g/mol. The van der Waals surface area contributed by atoms with Crippen molar-refractivity contribution in [2.24, 2.45) is 0 Å². The van der Waals surface area contributed by atoms with Gasteiger partial charge in [0.15, 0.2) is 0 Å². The molecule has 6 heteroatoms. The Kier molecular flexibility index (Phi) is 4.18. The number of aromatic nitrogens is 3. The van der Waals surface area contributed by atoms with E-state index >= 15 is 0 Å². The summed E-state index contributed by atoms with van der Waals surface area (Å²) < 4.78 is 7.29. The van der Waals surface area contributed by atoms with E-state index in [1.54, 1.807) is 7.11 Å². The summed E-state index contributed by atoms with van der Waals surface area (Å²) >= 11 is 0. The molecule has 2 heterocycles. The van der Waals surface area contributed by atoms with Gasteiger partial charge in [0.2, 0.25) is 0 Å². The Morgan fingerprint density at radius 3 is 2.68 bits per heavy atom. The number of nitrogens with zero attached hydrogens (tertiary/aromatic N) is 3. The third-order valence-electron chi connectivity index (χ3n) is 6.36. The molecule has 1 spiro atoms. The van der Waals surface area contributed by atoms with Gasteiger partial charge in [-0.2, -0.15) is 0 Å². The summed E-state index contributed by atoms with van der Waals surface area (Å²) in [7, 11) is 1.65. The predicted octanol–water partition coefficient (Wildman–Crippen LogP) is 2.54. The zero-order valence-corrected chi connectivity index (χ0v) is 15.9. The van der Waals surface area contributed by atoms with Crippen molar-refractivity contribution in [1.29, 1.82) is 0 Å². The van der Waals surface area contributed by atoms with Crippen LogP contribution in [0, 0.1) is 0 Å². The van der Waals surface area contributed by atoms with E-state index < -0.39 is 6.10 Å². The molecule has 0 amide bonds. The van der Waals surface area contributed by atoms with Crippen LogP contribution in [0.1, 0.15) is 30.0 Å². The molecule has 2 atom stereocenters. The number of aliphatic hydroxyl groups is 1. The molecule has 2 aromatic carbocycles. The van der Waals surface area contributed by atoms with E-state index in [9.17, 15) is 5.11 Å². The summed E-state index contributed by atoms with van der Waals surface area (Å²) in [4.78, 5) is 0. The number of piperidine rings is 1. The van der Waals surface area contributed by atoms with E-state index in [1.807, 2.05) is 41.2 Å². The summed E-state index contributed by atoms with van der Waals surface area (Å²) in [5.74, 6) is 0.761. The normalized spacial score (nSPS) is 22.9. The molecule has 28 heavy (non-hydrogen) atoms. The summed E-state index contributed by atoms with van der Waals surface area (Å²) in [5, 5.41) is 23.7. The van der Waals surface area contributed by atoms with Gasteiger partial charge < -0.3 is 15.2 Å². The van der Waals surface area contributed by atoms with Gasteiger partial charge in [0.05, 0.1) is 19.4 Å². The van der Waals surface area contributed by atoms with Crippen molar-refractivity contribution in [3.8, 4) is 17.0 Å². The summed E-state index contributed by atoms with van der Waals surface area (Å²) in [6.45, 7) is 1.84. The van der Waals surface area contributed by atoms with Crippen molar-refractivity contribution in [3.63, 3.8) is 0 Å². The Morgan fingerprint density at radius 1 is 1.11 bits per heavy atom. The van der Waals surface area contributed by atoms with E-state index in [-0.39, 0.29) is 11.5 Å². The third-order valence-corrected chi connectivity index (χ3v) is 6.36. The van der Waals surface area contributed by atoms with Crippen molar-refractivity contribution in [3.05, 3.63) is 65.9 Å². The van der Waals surface area contributed by atoms with Crippen LogP contribution in [-0.2, 0) is 5.41 Å². The van der Waals surface area contributed by atoms with E-state index in [0.717, 1.165) is 48.5 Å². The van der Waals surface area contributed by atoms with Crippen LogP contribution >= 0.6 is 0 Å². The van der Waals surface area contributed by atoms with Crippen molar-refractivity contribution >= 4 is 0 Å². The van der Waals surface area contributed by atoms with Gasteiger partial charge in [-0.25, -0.2) is 4.68 Å². The lowest BCUT2D eigenvalue weighted by molar-refractivity contribution is 0.0421. The molecule has 0 bridgehead atoms. The fourth-order valence-corrected chi connectivity index (χ4v) is 4.96. The van der Waals surface area contributed by atoms with Crippen molar-refractivity contribution in [1.82, 2.24) is 20.3 Å². The van der Waals surface area contributed by atoms with Crippen LogP contribution in [0.4, 0.5) is 0 Å². The van der Waals surface area contributed by atoms with Gasteiger partial charge in [-0.15, -0.1) is 5.10 Å². The average Bonchev–Trinajstić information content (AvgIpc) is 3.31. The molecule has 1 aromatic heterocycles. The first-order chi connectivity index (χ1) is 13.7. The molecule has 6 nitrogen and oxygen atoms in total. The van der Waals surface area contributed by atoms with Gasteiger partial charge in [-0.05, 0) is 49.2 Å². The second-order valence-electron chi connectivity index (χ2n) is 7.67.